The van der Waals surface area contributed by atoms with Gasteiger partial charge in [0, 0.05) is 31.0 Å². The van der Waals surface area contributed by atoms with Gasteiger partial charge in [-0.3, -0.25) is 9.36 Å². The van der Waals surface area contributed by atoms with E-state index in [1.807, 2.05) is 0 Å². The van der Waals surface area contributed by atoms with Crippen molar-refractivity contribution in [1.29, 1.82) is 0 Å². The van der Waals surface area contributed by atoms with Crippen LogP contribution in [0.3, 0.4) is 0 Å². The molecule has 1 aliphatic rings. The molecule has 9 heteroatoms. The van der Waals surface area contributed by atoms with Crippen LogP contribution in [0.1, 0.15) is 23.3 Å². The maximum absolute atomic E-state index is 13.3. The second kappa shape index (κ2) is 9.59. The first-order chi connectivity index (χ1) is 15.5. The Morgan fingerprint density at radius 2 is 1.91 bits per heavy atom. The minimum Gasteiger partial charge on any atom is -0.338 e. The van der Waals surface area contributed by atoms with Crippen LogP contribution in [0.2, 0.25) is 0 Å². The van der Waals surface area contributed by atoms with Crippen molar-refractivity contribution >= 4 is 17.6 Å². The summed E-state index contributed by atoms with van der Waals surface area (Å²) in [5.41, 5.74) is 1.42. The van der Waals surface area contributed by atoms with Gasteiger partial charge in [0.15, 0.2) is 0 Å². The highest BCUT2D eigenvalue weighted by molar-refractivity contribution is 5.93. The van der Waals surface area contributed by atoms with Crippen molar-refractivity contribution in [2.75, 3.05) is 25.0 Å². The van der Waals surface area contributed by atoms with Gasteiger partial charge in [0.25, 0.3) is 5.91 Å². The smallest absolute Gasteiger partial charge is 0.319 e. The number of likely N-dealkylation sites (tertiary alicyclic amines) is 1. The van der Waals surface area contributed by atoms with Gasteiger partial charge in [-0.15, -0.1) is 0 Å². The first-order valence-electron chi connectivity index (χ1n) is 10.4. The highest BCUT2D eigenvalue weighted by Crippen LogP contribution is 2.20. The monoisotopic (exact) mass is 439 g/mol. The lowest BCUT2D eigenvalue weighted by Gasteiger charge is -2.33. The molecular weight excluding hydrogens is 416 g/mol. The number of benzene rings is 2. The van der Waals surface area contributed by atoms with Crippen LogP contribution in [0, 0.1) is 17.6 Å². The summed E-state index contributed by atoms with van der Waals surface area (Å²) in [6, 6.07) is 11.1. The number of anilines is 1. The zero-order valence-electron chi connectivity index (χ0n) is 17.3. The SMILES string of the molecule is O=C(NCC1CCCN(C(=O)c2cncn2-c2ccc(F)cc2)C1)Nc1cccc(F)c1. The zero-order chi connectivity index (χ0) is 22.5. The van der Waals surface area contributed by atoms with E-state index in [-0.39, 0.29) is 17.6 Å². The van der Waals surface area contributed by atoms with Crippen LogP contribution in [0.15, 0.2) is 61.1 Å². The Kier molecular flexibility index (Phi) is 6.44. The van der Waals surface area contributed by atoms with Crippen LogP contribution in [0.25, 0.3) is 5.69 Å². The van der Waals surface area contributed by atoms with Crippen molar-refractivity contribution in [2.24, 2.45) is 5.92 Å². The van der Waals surface area contributed by atoms with E-state index in [1.54, 1.807) is 27.7 Å². The molecule has 2 aromatic carbocycles. The van der Waals surface area contributed by atoms with Gasteiger partial charge in [-0.2, -0.15) is 0 Å². The van der Waals surface area contributed by atoms with E-state index in [0.717, 1.165) is 12.8 Å². The van der Waals surface area contributed by atoms with Gasteiger partial charge in [-0.05, 0) is 61.2 Å². The molecule has 1 atom stereocenters. The fourth-order valence-corrected chi connectivity index (χ4v) is 3.82. The lowest BCUT2D eigenvalue weighted by molar-refractivity contribution is 0.0667. The third-order valence-electron chi connectivity index (χ3n) is 5.40. The average molecular weight is 439 g/mol. The third-order valence-corrected chi connectivity index (χ3v) is 5.40. The van der Waals surface area contributed by atoms with Crippen molar-refractivity contribution in [3.05, 3.63) is 78.4 Å². The number of halogens is 2. The molecular formula is C23H23F2N5O2. The predicted molar refractivity (Wildman–Crippen MR) is 116 cm³/mol. The van der Waals surface area contributed by atoms with Gasteiger partial charge in [0.1, 0.15) is 17.3 Å². The first-order valence-corrected chi connectivity index (χ1v) is 10.4. The summed E-state index contributed by atoms with van der Waals surface area (Å²) < 4.78 is 28.1. The molecule has 1 saturated heterocycles. The number of carbonyl (C=O) groups excluding carboxylic acids is 2. The number of rotatable bonds is 5. The fourth-order valence-electron chi connectivity index (χ4n) is 3.82. The van der Waals surface area contributed by atoms with Crippen molar-refractivity contribution < 1.29 is 18.4 Å². The summed E-state index contributed by atoms with van der Waals surface area (Å²) in [6.45, 7) is 1.50. The van der Waals surface area contributed by atoms with Crippen LogP contribution in [0.5, 0.6) is 0 Å². The molecule has 0 bridgehead atoms. The molecule has 1 aromatic heterocycles. The first kappa shape index (κ1) is 21.5. The Labute approximate surface area is 184 Å². The Bertz CT molecular complexity index is 1100. The minimum absolute atomic E-state index is 0.0909. The van der Waals surface area contributed by atoms with Gasteiger partial charge >= 0.3 is 6.03 Å². The van der Waals surface area contributed by atoms with E-state index < -0.39 is 11.8 Å². The number of hydrogen-bond donors (Lipinski definition) is 2. The number of hydrogen-bond acceptors (Lipinski definition) is 3. The molecule has 1 unspecified atom stereocenters. The second-order valence-corrected chi connectivity index (χ2v) is 7.73. The summed E-state index contributed by atoms with van der Waals surface area (Å²) in [7, 11) is 0. The van der Waals surface area contributed by atoms with Crippen molar-refractivity contribution in [3.8, 4) is 5.69 Å². The summed E-state index contributed by atoms with van der Waals surface area (Å²) >= 11 is 0. The molecule has 2 heterocycles. The largest absolute Gasteiger partial charge is 0.338 e. The Morgan fingerprint density at radius 3 is 2.69 bits per heavy atom. The predicted octanol–water partition coefficient (Wildman–Crippen LogP) is 3.82. The molecule has 7 nitrogen and oxygen atoms in total. The molecule has 0 aliphatic carbocycles. The molecule has 3 amide bonds. The lowest BCUT2D eigenvalue weighted by atomic mass is 9.98. The number of amides is 3. The molecule has 0 saturated carbocycles. The molecule has 32 heavy (non-hydrogen) atoms. The molecule has 2 N–H and O–H groups in total. The van der Waals surface area contributed by atoms with Crippen LogP contribution >= 0.6 is 0 Å². The van der Waals surface area contributed by atoms with E-state index in [4.69, 9.17) is 0 Å². The summed E-state index contributed by atoms with van der Waals surface area (Å²) in [5, 5.41) is 5.39. The summed E-state index contributed by atoms with van der Waals surface area (Å²) in [5.74, 6) is -0.854. The Hall–Kier alpha value is -3.75. The minimum atomic E-state index is -0.427. The fraction of sp³-hybridized carbons (Fsp3) is 0.261. The summed E-state index contributed by atoms with van der Waals surface area (Å²) in [6.07, 6.45) is 4.72. The van der Waals surface area contributed by atoms with E-state index in [2.05, 4.69) is 15.6 Å². The number of urea groups is 1. The van der Waals surface area contributed by atoms with E-state index >= 15 is 0 Å². The average Bonchev–Trinajstić information content (AvgIpc) is 3.28. The Balaban J connectivity index is 1.35. The van der Waals surface area contributed by atoms with Gasteiger partial charge in [0.2, 0.25) is 0 Å². The highest BCUT2D eigenvalue weighted by Gasteiger charge is 2.27. The number of nitrogens with zero attached hydrogens (tertiary/aromatic N) is 3. The third kappa shape index (κ3) is 5.11. The van der Waals surface area contributed by atoms with Crippen LogP contribution < -0.4 is 10.6 Å². The van der Waals surface area contributed by atoms with Crippen molar-refractivity contribution in [2.45, 2.75) is 12.8 Å². The molecule has 166 valence electrons. The molecule has 4 rings (SSSR count). The highest BCUT2D eigenvalue weighted by atomic mass is 19.1. The lowest BCUT2D eigenvalue weighted by Crippen LogP contribution is -2.44. The maximum atomic E-state index is 13.3. The van der Waals surface area contributed by atoms with Gasteiger partial charge in [-0.1, -0.05) is 6.07 Å². The number of aromatic nitrogens is 2. The standard InChI is InChI=1S/C23H23F2N5O2/c24-17-6-8-20(9-7-17)30-15-26-13-21(30)22(31)29-10-2-3-16(14-29)12-27-23(32)28-19-5-1-4-18(25)11-19/h1,4-9,11,13,15-16H,2-3,10,12,14H2,(H2,27,28,32). The molecule has 0 radical (unpaired) electrons. The van der Waals surface area contributed by atoms with Gasteiger partial charge < -0.3 is 15.5 Å². The Morgan fingerprint density at radius 1 is 1.09 bits per heavy atom. The van der Waals surface area contributed by atoms with Gasteiger partial charge in [0.05, 0.1) is 12.5 Å². The maximum Gasteiger partial charge on any atom is 0.319 e. The van der Waals surface area contributed by atoms with E-state index in [1.165, 1.54) is 42.9 Å². The van der Waals surface area contributed by atoms with Crippen molar-refractivity contribution in [1.82, 2.24) is 19.8 Å². The zero-order valence-corrected chi connectivity index (χ0v) is 17.3. The number of imidazole rings is 1. The molecule has 0 spiro atoms. The number of carbonyl (C=O) groups is 2. The summed E-state index contributed by atoms with van der Waals surface area (Å²) in [4.78, 5) is 31.1. The number of nitrogens with one attached hydrogen (secondary N) is 2. The molecule has 3 aromatic rings. The van der Waals surface area contributed by atoms with Crippen LogP contribution in [-0.2, 0) is 0 Å². The quantitative estimate of drug-likeness (QED) is 0.634. The normalized spacial score (nSPS) is 15.9. The van der Waals surface area contributed by atoms with Crippen molar-refractivity contribution in [3.63, 3.8) is 0 Å². The van der Waals surface area contributed by atoms with E-state index in [0.29, 0.717) is 36.7 Å². The topological polar surface area (TPSA) is 79.3 Å². The van der Waals surface area contributed by atoms with Crippen LogP contribution in [0.4, 0.5) is 19.3 Å². The second-order valence-electron chi connectivity index (χ2n) is 7.73. The number of piperidine rings is 1. The molecule has 1 fully saturated rings. The van der Waals surface area contributed by atoms with E-state index in [9.17, 15) is 18.4 Å². The van der Waals surface area contributed by atoms with Crippen LogP contribution in [-0.4, -0.2) is 46.0 Å². The molecule has 1 aliphatic heterocycles. The van der Waals surface area contributed by atoms with Gasteiger partial charge in [-0.25, -0.2) is 18.6 Å².